The Kier molecular flexibility index (Phi) is 4.25. The van der Waals surface area contributed by atoms with E-state index in [4.69, 9.17) is 5.73 Å². The quantitative estimate of drug-likeness (QED) is 0.885. The van der Waals surface area contributed by atoms with Gasteiger partial charge in [-0.15, -0.1) is 0 Å². The molecule has 2 atom stereocenters. The zero-order valence-electron chi connectivity index (χ0n) is 11.8. The molecule has 18 heavy (non-hydrogen) atoms. The van der Waals surface area contributed by atoms with Gasteiger partial charge in [0, 0.05) is 30.9 Å². The molecule has 1 aromatic carbocycles. The average Bonchev–Trinajstić information content (AvgIpc) is 2.34. The van der Waals surface area contributed by atoms with Gasteiger partial charge in [0.2, 0.25) is 0 Å². The van der Waals surface area contributed by atoms with Crippen molar-refractivity contribution in [2.75, 3.05) is 31.6 Å². The minimum Gasteiger partial charge on any atom is -0.366 e. The monoisotopic (exact) mass is 247 g/mol. The lowest BCUT2D eigenvalue weighted by Crippen LogP contribution is -2.56. The van der Waals surface area contributed by atoms with Crippen molar-refractivity contribution < 1.29 is 0 Å². The van der Waals surface area contributed by atoms with Gasteiger partial charge in [-0.05, 0) is 46.0 Å². The van der Waals surface area contributed by atoms with E-state index in [0.717, 1.165) is 26.1 Å². The SMILES string of the molecule is Cc1ccc(N2CC(CCN)N(C)CC2C)cc1. The zero-order valence-corrected chi connectivity index (χ0v) is 11.8. The number of likely N-dealkylation sites (N-methyl/N-ethyl adjacent to an activating group) is 1. The first kappa shape index (κ1) is 13.4. The van der Waals surface area contributed by atoms with Crippen molar-refractivity contribution in [2.24, 2.45) is 5.73 Å². The van der Waals surface area contributed by atoms with E-state index in [1.165, 1.54) is 11.3 Å². The van der Waals surface area contributed by atoms with Crippen LogP contribution in [0, 0.1) is 6.92 Å². The van der Waals surface area contributed by atoms with Crippen LogP contribution in [0.3, 0.4) is 0 Å². The fourth-order valence-electron chi connectivity index (χ4n) is 2.81. The van der Waals surface area contributed by atoms with E-state index >= 15 is 0 Å². The minimum atomic E-state index is 0.562. The lowest BCUT2D eigenvalue weighted by atomic mass is 10.0. The molecule has 0 radical (unpaired) electrons. The molecule has 0 aromatic heterocycles. The molecule has 100 valence electrons. The maximum Gasteiger partial charge on any atom is 0.0389 e. The van der Waals surface area contributed by atoms with Crippen LogP contribution < -0.4 is 10.6 Å². The molecule has 1 aromatic rings. The highest BCUT2D eigenvalue weighted by Crippen LogP contribution is 2.23. The molecule has 1 aliphatic heterocycles. The Bertz CT molecular complexity index is 374. The van der Waals surface area contributed by atoms with E-state index in [9.17, 15) is 0 Å². The van der Waals surface area contributed by atoms with Gasteiger partial charge in [-0.3, -0.25) is 4.90 Å². The van der Waals surface area contributed by atoms with Gasteiger partial charge >= 0.3 is 0 Å². The summed E-state index contributed by atoms with van der Waals surface area (Å²) >= 11 is 0. The summed E-state index contributed by atoms with van der Waals surface area (Å²) in [5.74, 6) is 0. The number of nitrogens with two attached hydrogens (primary N) is 1. The summed E-state index contributed by atoms with van der Waals surface area (Å²) in [5.41, 5.74) is 8.37. The number of benzene rings is 1. The summed E-state index contributed by atoms with van der Waals surface area (Å²) in [6.07, 6.45) is 1.07. The molecule has 3 nitrogen and oxygen atoms in total. The molecule has 1 heterocycles. The van der Waals surface area contributed by atoms with Crippen LogP contribution in [0.15, 0.2) is 24.3 Å². The van der Waals surface area contributed by atoms with E-state index in [1.807, 2.05) is 0 Å². The molecule has 0 spiro atoms. The molecule has 0 bridgehead atoms. The fraction of sp³-hybridized carbons (Fsp3) is 0.600. The first-order chi connectivity index (χ1) is 8.61. The molecule has 0 amide bonds. The lowest BCUT2D eigenvalue weighted by molar-refractivity contribution is 0.185. The summed E-state index contributed by atoms with van der Waals surface area (Å²) < 4.78 is 0. The Labute approximate surface area is 111 Å². The Morgan fingerprint density at radius 2 is 1.89 bits per heavy atom. The van der Waals surface area contributed by atoms with Crippen molar-refractivity contribution in [2.45, 2.75) is 32.4 Å². The van der Waals surface area contributed by atoms with Crippen LogP contribution in [0.4, 0.5) is 5.69 Å². The van der Waals surface area contributed by atoms with Crippen LogP contribution in [-0.2, 0) is 0 Å². The normalized spacial score (nSPS) is 25.4. The lowest BCUT2D eigenvalue weighted by Gasteiger charge is -2.45. The first-order valence-corrected chi connectivity index (χ1v) is 6.85. The standard InChI is InChI=1S/C15H25N3/c1-12-4-6-14(7-5-12)18-11-15(8-9-16)17(3)10-13(18)2/h4-7,13,15H,8-11,16H2,1-3H3. The molecule has 1 fully saturated rings. The van der Waals surface area contributed by atoms with Crippen molar-refractivity contribution in [1.29, 1.82) is 0 Å². The minimum absolute atomic E-state index is 0.562. The van der Waals surface area contributed by atoms with Crippen molar-refractivity contribution in [3.8, 4) is 0 Å². The summed E-state index contributed by atoms with van der Waals surface area (Å²) in [4.78, 5) is 4.96. The molecule has 0 saturated carbocycles. The molecule has 2 rings (SSSR count). The maximum atomic E-state index is 5.72. The molecular weight excluding hydrogens is 222 g/mol. The molecule has 0 aliphatic carbocycles. The van der Waals surface area contributed by atoms with Crippen molar-refractivity contribution in [3.05, 3.63) is 29.8 Å². The van der Waals surface area contributed by atoms with Crippen molar-refractivity contribution in [1.82, 2.24) is 4.90 Å². The van der Waals surface area contributed by atoms with E-state index in [0.29, 0.717) is 12.1 Å². The van der Waals surface area contributed by atoms with Crippen LogP contribution in [0.1, 0.15) is 18.9 Å². The van der Waals surface area contributed by atoms with Gasteiger partial charge < -0.3 is 10.6 Å². The molecule has 2 N–H and O–H groups in total. The number of hydrogen-bond donors (Lipinski definition) is 1. The highest BCUT2D eigenvalue weighted by molar-refractivity contribution is 5.49. The van der Waals surface area contributed by atoms with Gasteiger partial charge in [-0.2, -0.15) is 0 Å². The summed E-state index contributed by atoms with van der Waals surface area (Å²) in [5, 5.41) is 0. The first-order valence-electron chi connectivity index (χ1n) is 6.85. The number of nitrogens with zero attached hydrogens (tertiary/aromatic N) is 2. The average molecular weight is 247 g/mol. The molecule has 1 saturated heterocycles. The predicted octanol–water partition coefficient (Wildman–Crippen LogP) is 1.85. The van der Waals surface area contributed by atoms with Gasteiger partial charge in [0.1, 0.15) is 0 Å². The van der Waals surface area contributed by atoms with Crippen molar-refractivity contribution >= 4 is 5.69 Å². The Morgan fingerprint density at radius 1 is 1.22 bits per heavy atom. The second-order valence-electron chi connectivity index (χ2n) is 5.51. The molecular formula is C15H25N3. The van der Waals surface area contributed by atoms with E-state index in [-0.39, 0.29) is 0 Å². The highest BCUT2D eigenvalue weighted by Gasteiger charge is 2.28. The molecule has 3 heteroatoms. The smallest absolute Gasteiger partial charge is 0.0389 e. The fourth-order valence-corrected chi connectivity index (χ4v) is 2.81. The zero-order chi connectivity index (χ0) is 13.1. The number of rotatable bonds is 3. The summed E-state index contributed by atoms with van der Waals surface area (Å²) in [6.45, 7) is 7.39. The Hall–Kier alpha value is -1.06. The van der Waals surface area contributed by atoms with E-state index in [2.05, 4.69) is 55.0 Å². The van der Waals surface area contributed by atoms with Crippen LogP contribution in [0.5, 0.6) is 0 Å². The Balaban J connectivity index is 2.13. The van der Waals surface area contributed by atoms with Crippen molar-refractivity contribution in [3.63, 3.8) is 0 Å². The second kappa shape index (κ2) is 5.72. The summed E-state index contributed by atoms with van der Waals surface area (Å²) in [6, 6.07) is 9.99. The number of hydrogen-bond acceptors (Lipinski definition) is 3. The third-order valence-electron chi connectivity index (χ3n) is 3.98. The molecule has 2 unspecified atom stereocenters. The third kappa shape index (κ3) is 2.85. The Morgan fingerprint density at radius 3 is 2.50 bits per heavy atom. The van der Waals surface area contributed by atoms with E-state index in [1.54, 1.807) is 0 Å². The van der Waals surface area contributed by atoms with Gasteiger partial charge in [0.25, 0.3) is 0 Å². The van der Waals surface area contributed by atoms with Gasteiger partial charge in [-0.1, -0.05) is 17.7 Å². The van der Waals surface area contributed by atoms with Crippen LogP contribution in [0.25, 0.3) is 0 Å². The van der Waals surface area contributed by atoms with E-state index < -0.39 is 0 Å². The van der Waals surface area contributed by atoms with Gasteiger partial charge in [0.05, 0.1) is 0 Å². The third-order valence-corrected chi connectivity index (χ3v) is 3.98. The second-order valence-corrected chi connectivity index (χ2v) is 5.51. The largest absolute Gasteiger partial charge is 0.366 e. The summed E-state index contributed by atoms with van der Waals surface area (Å²) in [7, 11) is 2.21. The topological polar surface area (TPSA) is 32.5 Å². The van der Waals surface area contributed by atoms with Crippen LogP contribution in [0.2, 0.25) is 0 Å². The van der Waals surface area contributed by atoms with Gasteiger partial charge in [0.15, 0.2) is 0 Å². The highest BCUT2D eigenvalue weighted by atomic mass is 15.3. The molecule has 1 aliphatic rings. The maximum absolute atomic E-state index is 5.72. The number of aryl methyl sites for hydroxylation is 1. The van der Waals surface area contributed by atoms with Crippen LogP contribution >= 0.6 is 0 Å². The number of anilines is 1. The predicted molar refractivity (Wildman–Crippen MR) is 78.1 cm³/mol. The number of piperazine rings is 1. The van der Waals surface area contributed by atoms with Crippen LogP contribution in [-0.4, -0.2) is 43.7 Å². The van der Waals surface area contributed by atoms with Gasteiger partial charge in [-0.25, -0.2) is 0 Å².